The van der Waals surface area contributed by atoms with Gasteiger partial charge in [-0.25, -0.2) is 12.7 Å². The maximum atomic E-state index is 12.8. The first-order chi connectivity index (χ1) is 13.6. The van der Waals surface area contributed by atoms with E-state index in [1.165, 1.54) is 10.6 Å². The molecule has 1 heterocycles. The highest BCUT2D eigenvalue weighted by atomic mass is 35.5. The summed E-state index contributed by atoms with van der Waals surface area (Å²) in [5.74, 6) is -0.337. The second-order valence-electron chi connectivity index (χ2n) is 7.69. The van der Waals surface area contributed by atoms with Gasteiger partial charge in [-0.3, -0.25) is 9.59 Å². The summed E-state index contributed by atoms with van der Waals surface area (Å²) in [6, 6.07) is 5.88. The molecule has 29 heavy (non-hydrogen) atoms. The molecule has 7 nitrogen and oxygen atoms in total. The fourth-order valence-electron chi connectivity index (χ4n) is 3.33. The highest BCUT2D eigenvalue weighted by molar-refractivity contribution is 7.88. The predicted molar refractivity (Wildman–Crippen MR) is 114 cm³/mol. The molecule has 9 heteroatoms. The maximum absolute atomic E-state index is 12.8. The molecule has 0 spiro atoms. The van der Waals surface area contributed by atoms with Gasteiger partial charge in [0, 0.05) is 30.2 Å². The lowest BCUT2D eigenvalue weighted by molar-refractivity contribution is -0.124. The van der Waals surface area contributed by atoms with Gasteiger partial charge in [0.05, 0.1) is 6.26 Å². The van der Waals surface area contributed by atoms with Crippen LogP contribution in [0.4, 0.5) is 0 Å². The lowest BCUT2D eigenvalue weighted by Gasteiger charge is -2.31. The monoisotopic (exact) mass is 443 g/mol. The van der Waals surface area contributed by atoms with E-state index in [9.17, 15) is 18.0 Å². The van der Waals surface area contributed by atoms with Gasteiger partial charge in [-0.15, -0.1) is 0 Å². The number of carbonyl (C=O) groups is 2. The van der Waals surface area contributed by atoms with E-state index in [0.717, 1.165) is 6.42 Å². The number of nitrogens with zero attached hydrogens (tertiary/aromatic N) is 1. The topological polar surface area (TPSA) is 95.6 Å². The fraction of sp³-hybridized carbons (Fsp3) is 0.600. The van der Waals surface area contributed by atoms with Crippen LogP contribution in [-0.4, -0.2) is 56.5 Å². The Morgan fingerprint density at radius 3 is 2.31 bits per heavy atom. The van der Waals surface area contributed by atoms with Crippen LogP contribution in [-0.2, 0) is 14.8 Å². The number of rotatable bonds is 8. The van der Waals surface area contributed by atoms with E-state index >= 15 is 0 Å². The Bertz CT molecular complexity index is 806. The Morgan fingerprint density at radius 2 is 1.79 bits per heavy atom. The number of carbonyl (C=O) groups excluding carboxylic acids is 2. The van der Waals surface area contributed by atoms with Crippen LogP contribution >= 0.6 is 11.6 Å². The number of amides is 2. The van der Waals surface area contributed by atoms with Gasteiger partial charge in [0.15, 0.2) is 0 Å². The van der Waals surface area contributed by atoms with E-state index in [1.54, 1.807) is 24.3 Å². The minimum atomic E-state index is -3.16. The minimum Gasteiger partial charge on any atom is -0.354 e. The lowest BCUT2D eigenvalue weighted by atomic mass is 9.96. The van der Waals surface area contributed by atoms with E-state index < -0.39 is 16.1 Å². The Morgan fingerprint density at radius 1 is 1.21 bits per heavy atom. The molecule has 0 radical (unpaired) electrons. The van der Waals surface area contributed by atoms with Crippen LogP contribution in [0.3, 0.4) is 0 Å². The summed E-state index contributed by atoms with van der Waals surface area (Å²) in [7, 11) is -3.16. The van der Waals surface area contributed by atoms with E-state index in [1.807, 2.05) is 13.8 Å². The van der Waals surface area contributed by atoms with Crippen LogP contribution in [0.5, 0.6) is 0 Å². The molecule has 2 atom stereocenters. The normalized spacial score (nSPS) is 18.1. The summed E-state index contributed by atoms with van der Waals surface area (Å²) in [5.41, 5.74) is 0.448. The SMILES string of the molecule is CCC(C)C(NC(=O)c1ccc(Cl)cc1)C(=O)NCC1CCN(S(C)(=O)=O)CC1. The average Bonchev–Trinajstić information content (AvgIpc) is 2.69. The molecule has 1 aromatic rings. The van der Waals surface area contributed by atoms with Crippen LogP contribution in [0.15, 0.2) is 24.3 Å². The van der Waals surface area contributed by atoms with Gasteiger partial charge in [-0.05, 0) is 48.9 Å². The molecule has 1 fully saturated rings. The van der Waals surface area contributed by atoms with Crippen LogP contribution < -0.4 is 10.6 Å². The third kappa shape index (κ3) is 6.97. The number of hydrogen-bond acceptors (Lipinski definition) is 4. The third-order valence-corrected chi connectivity index (χ3v) is 7.05. The van der Waals surface area contributed by atoms with Gasteiger partial charge >= 0.3 is 0 Å². The van der Waals surface area contributed by atoms with E-state index in [0.29, 0.717) is 43.1 Å². The number of halogens is 1. The van der Waals surface area contributed by atoms with Crippen molar-refractivity contribution in [2.75, 3.05) is 25.9 Å². The summed E-state index contributed by atoms with van der Waals surface area (Å²) in [4.78, 5) is 25.3. The zero-order chi connectivity index (χ0) is 21.6. The first-order valence-corrected chi connectivity index (χ1v) is 12.1. The maximum Gasteiger partial charge on any atom is 0.251 e. The molecular weight excluding hydrogens is 414 g/mol. The van der Waals surface area contributed by atoms with Crippen molar-refractivity contribution in [1.82, 2.24) is 14.9 Å². The molecule has 2 unspecified atom stereocenters. The number of hydrogen-bond donors (Lipinski definition) is 2. The quantitative estimate of drug-likeness (QED) is 0.644. The fourth-order valence-corrected chi connectivity index (χ4v) is 4.33. The van der Waals surface area contributed by atoms with Crippen LogP contribution in [0.25, 0.3) is 0 Å². The second kappa shape index (κ2) is 10.4. The summed E-state index contributed by atoms with van der Waals surface area (Å²) < 4.78 is 24.7. The molecule has 0 bridgehead atoms. The molecule has 1 aromatic carbocycles. The van der Waals surface area contributed by atoms with Crippen molar-refractivity contribution in [1.29, 1.82) is 0 Å². The van der Waals surface area contributed by atoms with Crippen molar-refractivity contribution >= 4 is 33.4 Å². The first-order valence-electron chi connectivity index (χ1n) is 9.91. The van der Waals surface area contributed by atoms with E-state index in [4.69, 9.17) is 11.6 Å². The smallest absolute Gasteiger partial charge is 0.251 e. The van der Waals surface area contributed by atoms with E-state index in [2.05, 4.69) is 10.6 Å². The molecule has 2 amide bonds. The van der Waals surface area contributed by atoms with Gasteiger partial charge in [-0.2, -0.15) is 0 Å². The van der Waals surface area contributed by atoms with Gasteiger partial charge in [0.25, 0.3) is 5.91 Å². The van der Waals surface area contributed by atoms with Gasteiger partial charge in [-0.1, -0.05) is 31.9 Å². The number of nitrogens with one attached hydrogen (secondary N) is 2. The number of benzene rings is 1. The number of sulfonamides is 1. The van der Waals surface area contributed by atoms with Crippen molar-refractivity contribution in [2.45, 2.75) is 39.2 Å². The average molecular weight is 444 g/mol. The zero-order valence-corrected chi connectivity index (χ0v) is 18.7. The highest BCUT2D eigenvalue weighted by Gasteiger charge is 2.28. The summed E-state index contributed by atoms with van der Waals surface area (Å²) in [5, 5.41) is 6.32. The molecular formula is C20H30ClN3O4S. The summed E-state index contributed by atoms with van der Waals surface area (Å²) in [6.45, 7) is 5.32. The molecule has 162 valence electrons. The minimum absolute atomic E-state index is 0.0293. The standard InChI is InChI=1S/C20H30ClN3O4S/c1-4-14(2)18(23-19(25)16-5-7-17(21)8-6-16)20(26)22-13-15-9-11-24(12-10-15)29(3,27)28/h5-8,14-15,18H,4,9-13H2,1-3H3,(H,22,26)(H,23,25). The lowest BCUT2D eigenvalue weighted by Crippen LogP contribution is -2.51. The zero-order valence-electron chi connectivity index (χ0n) is 17.2. The molecule has 1 saturated heterocycles. The Hall–Kier alpha value is -1.64. The van der Waals surface area contributed by atoms with Crippen molar-refractivity contribution in [3.63, 3.8) is 0 Å². The van der Waals surface area contributed by atoms with Crippen molar-refractivity contribution in [2.24, 2.45) is 11.8 Å². The number of piperidine rings is 1. The van der Waals surface area contributed by atoms with Crippen LogP contribution in [0.1, 0.15) is 43.5 Å². The molecule has 1 aliphatic heterocycles. The molecule has 1 aliphatic rings. The second-order valence-corrected chi connectivity index (χ2v) is 10.1. The van der Waals surface area contributed by atoms with Crippen molar-refractivity contribution in [3.05, 3.63) is 34.9 Å². The van der Waals surface area contributed by atoms with E-state index in [-0.39, 0.29) is 23.7 Å². The summed E-state index contributed by atoms with van der Waals surface area (Å²) in [6.07, 6.45) is 3.37. The third-order valence-electron chi connectivity index (χ3n) is 5.50. The van der Waals surface area contributed by atoms with Crippen molar-refractivity contribution in [3.8, 4) is 0 Å². The molecule has 2 N–H and O–H groups in total. The van der Waals surface area contributed by atoms with Crippen LogP contribution in [0.2, 0.25) is 5.02 Å². The molecule has 2 rings (SSSR count). The van der Waals surface area contributed by atoms with Gasteiger partial charge in [0.2, 0.25) is 15.9 Å². The Labute approximate surface area is 178 Å². The Balaban J connectivity index is 1.92. The Kier molecular flexibility index (Phi) is 8.48. The van der Waals surface area contributed by atoms with Crippen molar-refractivity contribution < 1.29 is 18.0 Å². The first kappa shape index (κ1) is 23.6. The summed E-state index contributed by atoms with van der Waals surface area (Å²) >= 11 is 5.86. The predicted octanol–water partition coefficient (Wildman–Crippen LogP) is 2.27. The molecule has 0 aliphatic carbocycles. The molecule has 0 aromatic heterocycles. The molecule has 0 saturated carbocycles. The van der Waals surface area contributed by atoms with Gasteiger partial charge in [0.1, 0.15) is 6.04 Å². The van der Waals surface area contributed by atoms with Crippen LogP contribution in [0, 0.1) is 11.8 Å². The largest absolute Gasteiger partial charge is 0.354 e. The van der Waals surface area contributed by atoms with Gasteiger partial charge < -0.3 is 10.6 Å². The highest BCUT2D eigenvalue weighted by Crippen LogP contribution is 2.19.